The molecule has 1 fully saturated rings. The molecule has 1 amide bonds. The Morgan fingerprint density at radius 1 is 1.12 bits per heavy atom. The Kier molecular flexibility index (Phi) is 3.78. The zero-order chi connectivity index (χ0) is 16.5. The monoisotopic (exact) mass is 339 g/mol. The summed E-state index contributed by atoms with van der Waals surface area (Å²) in [5.74, 6) is 0.963. The SMILES string of the molecule is O=C1CC(c2noc(-c3cccc(Cl)c3)n2)CN1c1ccccc1. The van der Waals surface area contributed by atoms with E-state index < -0.39 is 0 Å². The Hall–Kier alpha value is -2.66. The highest BCUT2D eigenvalue weighted by Crippen LogP contribution is 2.31. The van der Waals surface area contributed by atoms with Gasteiger partial charge in [-0.2, -0.15) is 4.98 Å². The van der Waals surface area contributed by atoms with Crippen LogP contribution in [-0.2, 0) is 4.79 Å². The number of para-hydroxylation sites is 1. The topological polar surface area (TPSA) is 59.2 Å². The van der Waals surface area contributed by atoms with Crippen molar-refractivity contribution < 1.29 is 9.32 Å². The van der Waals surface area contributed by atoms with Crippen molar-refractivity contribution >= 4 is 23.2 Å². The first-order chi connectivity index (χ1) is 11.7. The number of hydrogen-bond donors (Lipinski definition) is 0. The summed E-state index contributed by atoms with van der Waals surface area (Å²) >= 11 is 5.99. The van der Waals surface area contributed by atoms with Crippen molar-refractivity contribution in [3.63, 3.8) is 0 Å². The second-order valence-corrected chi connectivity index (χ2v) is 6.15. The first kappa shape index (κ1) is 14.9. The Morgan fingerprint density at radius 3 is 2.75 bits per heavy atom. The van der Waals surface area contributed by atoms with Crippen LogP contribution in [0, 0.1) is 0 Å². The van der Waals surface area contributed by atoms with Crippen molar-refractivity contribution in [1.29, 1.82) is 0 Å². The third-order valence-electron chi connectivity index (χ3n) is 4.07. The summed E-state index contributed by atoms with van der Waals surface area (Å²) in [5.41, 5.74) is 1.66. The van der Waals surface area contributed by atoms with Crippen LogP contribution in [0.25, 0.3) is 11.5 Å². The number of halogens is 1. The van der Waals surface area contributed by atoms with E-state index in [0.29, 0.717) is 29.7 Å². The lowest BCUT2D eigenvalue weighted by Gasteiger charge is -2.15. The van der Waals surface area contributed by atoms with Gasteiger partial charge in [-0.05, 0) is 30.3 Å². The standard InChI is InChI=1S/C18H14ClN3O2/c19-14-6-4-5-12(9-14)18-20-17(21-24-18)13-10-16(23)22(11-13)15-7-2-1-3-8-15/h1-9,13H,10-11H2. The molecule has 2 heterocycles. The maximum absolute atomic E-state index is 12.3. The summed E-state index contributed by atoms with van der Waals surface area (Å²) in [5, 5.41) is 4.67. The van der Waals surface area contributed by atoms with Crippen LogP contribution in [0.1, 0.15) is 18.2 Å². The summed E-state index contributed by atoms with van der Waals surface area (Å²) in [7, 11) is 0. The molecular weight excluding hydrogens is 326 g/mol. The van der Waals surface area contributed by atoms with Gasteiger partial charge in [-0.1, -0.05) is 41.0 Å². The zero-order valence-corrected chi connectivity index (χ0v) is 13.5. The number of hydrogen-bond acceptors (Lipinski definition) is 4. The third kappa shape index (κ3) is 2.78. The van der Waals surface area contributed by atoms with Crippen LogP contribution in [0.3, 0.4) is 0 Å². The highest BCUT2D eigenvalue weighted by Gasteiger charge is 2.34. The summed E-state index contributed by atoms with van der Waals surface area (Å²) in [6.45, 7) is 0.553. The molecule has 0 aliphatic carbocycles. The van der Waals surface area contributed by atoms with Gasteiger partial charge in [0.05, 0.1) is 0 Å². The van der Waals surface area contributed by atoms with Gasteiger partial charge in [0.2, 0.25) is 5.91 Å². The van der Waals surface area contributed by atoms with Crippen LogP contribution < -0.4 is 4.90 Å². The predicted octanol–water partition coefficient (Wildman–Crippen LogP) is 3.91. The number of amides is 1. The normalized spacial score (nSPS) is 17.5. The molecule has 1 aromatic heterocycles. The van der Waals surface area contributed by atoms with Crippen LogP contribution in [-0.4, -0.2) is 22.6 Å². The molecule has 2 aromatic carbocycles. The molecule has 3 aromatic rings. The van der Waals surface area contributed by atoms with Gasteiger partial charge in [0.15, 0.2) is 5.82 Å². The number of rotatable bonds is 3. The number of carbonyl (C=O) groups is 1. The van der Waals surface area contributed by atoms with Crippen LogP contribution in [0.15, 0.2) is 59.1 Å². The number of nitrogens with zero attached hydrogens (tertiary/aromatic N) is 3. The largest absolute Gasteiger partial charge is 0.334 e. The minimum Gasteiger partial charge on any atom is -0.334 e. The molecule has 24 heavy (non-hydrogen) atoms. The van der Waals surface area contributed by atoms with E-state index in [1.165, 1.54) is 0 Å². The third-order valence-corrected chi connectivity index (χ3v) is 4.31. The van der Waals surface area contributed by atoms with E-state index in [-0.39, 0.29) is 11.8 Å². The van der Waals surface area contributed by atoms with Gasteiger partial charge in [-0.3, -0.25) is 4.79 Å². The van der Waals surface area contributed by atoms with E-state index in [1.807, 2.05) is 42.5 Å². The van der Waals surface area contributed by atoms with Gasteiger partial charge < -0.3 is 9.42 Å². The van der Waals surface area contributed by atoms with Gasteiger partial charge in [-0.15, -0.1) is 0 Å². The Morgan fingerprint density at radius 2 is 1.96 bits per heavy atom. The molecule has 0 spiro atoms. The van der Waals surface area contributed by atoms with E-state index in [2.05, 4.69) is 10.1 Å². The molecule has 6 heteroatoms. The Labute approximate surface area is 143 Å². The lowest BCUT2D eigenvalue weighted by molar-refractivity contribution is -0.117. The van der Waals surface area contributed by atoms with Crippen molar-refractivity contribution in [3.05, 3.63) is 65.4 Å². The van der Waals surface area contributed by atoms with Crippen molar-refractivity contribution in [2.45, 2.75) is 12.3 Å². The van der Waals surface area contributed by atoms with E-state index in [9.17, 15) is 4.79 Å². The molecule has 0 N–H and O–H groups in total. The summed E-state index contributed by atoms with van der Waals surface area (Å²) in [6.07, 6.45) is 0.378. The van der Waals surface area contributed by atoms with Gasteiger partial charge in [-0.25, -0.2) is 0 Å². The molecular formula is C18H14ClN3O2. The van der Waals surface area contributed by atoms with E-state index in [0.717, 1.165) is 11.3 Å². The highest BCUT2D eigenvalue weighted by atomic mass is 35.5. The minimum absolute atomic E-state index is 0.0697. The van der Waals surface area contributed by atoms with Crippen LogP contribution >= 0.6 is 11.6 Å². The van der Waals surface area contributed by atoms with Crippen LogP contribution in [0.2, 0.25) is 5.02 Å². The quantitative estimate of drug-likeness (QED) is 0.726. The number of anilines is 1. The van der Waals surface area contributed by atoms with Crippen molar-refractivity contribution in [1.82, 2.24) is 10.1 Å². The van der Waals surface area contributed by atoms with Gasteiger partial charge >= 0.3 is 0 Å². The van der Waals surface area contributed by atoms with Crippen molar-refractivity contribution in [2.24, 2.45) is 0 Å². The number of carbonyl (C=O) groups excluding carboxylic acids is 1. The van der Waals surface area contributed by atoms with E-state index >= 15 is 0 Å². The molecule has 0 saturated carbocycles. The molecule has 5 nitrogen and oxygen atoms in total. The van der Waals surface area contributed by atoms with Crippen molar-refractivity contribution in [2.75, 3.05) is 11.4 Å². The minimum atomic E-state index is -0.0746. The molecule has 0 radical (unpaired) electrons. The molecule has 4 rings (SSSR count). The van der Waals surface area contributed by atoms with E-state index in [4.69, 9.17) is 16.1 Å². The molecule has 120 valence electrons. The van der Waals surface area contributed by atoms with Crippen LogP contribution in [0.4, 0.5) is 5.69 Å². The first-order valence-electron chi connectivity index (χ1n) is 7.65. The zero-order valence-electron chi connectivity index (χ0n) is 12.7. The average Bonchev–Trinajstić information content (AvgIpc) is 3.22. The summed E-state index contributed by atoms with van der Waals surface area (Å²) in [4.78, 5) is 18.5. The molecule has 1 aliphatic rings. The molecule has 0 bridgehead atoms. The molecule has 1 unspecified atom stereocenters. The van der Waals surface area contributed by atoms with E-state index in [1.54, 1.807) is 17.0 Å². The lowest BCUT2D eigenvalue weighted by Crippen LogP contribution is -2.24. The van der Waals surface area contributed by atoms with Gasteiger partial charge in [0.1, 0.15) is 0 Å². The summed E-state index contributed by atoms with van der Waals surface area (Å²) < 4.78 is 5.34. The molecule has 1 aliphatic heterocycles. The highest BCUT2D eigenvalue weighted by molar-refractivity contribution is 6.30. The maximum atomic E-state index is 12.3. The second kappa shape index (κ2) is 6.09. The second-order valence-electron chi connectivity index (χ2n) is 5.71. The maximum Gasteiger partial charge on any atom is 0.257 e. The fourth-order valence-electron chi connectivity index (χ4n) is 2.88. The van der Waals surface area contributed by atoms with Crippen molar-refractivity contribution in [3.8, 4) is 11.5 Å². The number of benzene rings is 2. The fourth-order valence-corrected chi connectivity index (χ4v) is 3.07. The molecule has 1 atom stereocenters. The Balaban J connectivity index is 1.57. The number of aromatic nitrogens is 2. The summed E-state index contributed by atoms with van der Waals surface area (Å²) in [6, 6.07) is 16.9. The van der Waals surface area contributed by atoms with Crippen LogP contribution in [0.5, 0.6) is 0 Å². The van der Waals surface area contributed by atoms with Gasteiger partial charge in [0, 0.05) is 35.2 Å². The average molecular weight is 340 g/mol. The predicted molar refractivity (Wildman–Crippen MR) is 90.9 cm³/mol. The Bertz CT molecular complexity index is 879. The first-order valence-corrected chi connectivity index (χ1v) is 8.03. The lowest BCUT2D eigenvalue weighted by atomic mass is 10.1. The fraction of sp³-hybridized carbons (Fsp3) is 0.167. The smallest absolute Gasteiger partial charge is 0.257 e. The molecule has 1 saturated heterocycles. The van der Waals surface area contributed by atoms with Gasteiger partial charge in [0.25, 0.3) is 5.89 Å².